The normalized spacial score (nSPS) is 28.4. The molecule has 9 nitrogen and oxygen atoms in total. The Hall–Kier alpha value is -3.90. The third kappa shape index (κ3) is 4.96. The number of likely N-dealkylation sites (tertiary alicyclic amines) is 3. The van der Waals surface area contributed by atoms with Crippen LogP contribution >= 0.6 is 0 Å². The van der Waals surface area contributed by atoms with Crippen molar-refractivity contribution in [2.24, 2.45) is 5.92 Å². The number of nitriles is 1. The summed E-state index contributed by atoms with van der Waals surface area (Å²) in [6.07, 6.45) is 3.47. The zero-order valence-electron chi connectivity index (χ0n) is 25.0. The summed E-state index contributed by atoms with van der Waals surface area (Å²) in [6.45, 7) is 6.15. The fourth-order valence-electron chi connectivity index (χ4n) is 7.96. The van der Waals surface area contributed by atoms with Gasteiger partial charge in [0.15, 0.2) is 0 Å². The van der Waals surface area contributed by atoms with Gasteiger partial charge in [0.25, 0.3) is 0 Å². The van der Waals surface area contributed by atoms with Crippen molar-refractivity contribution in [3.8, 4) is 6.07 Å². The van der Waals surface area contributed by atoms with Crippen LogP contribution in [0.1, 0.15) is 68.3 Å². The molecule has 3 aliphatic heterocycles. The molecule has 7 rings (SSSR count). The lowest BCUT2D eigenvalue weighted by Gasteiger charge is -2.41. The monoisotopic (exact) mass is 581 g/mol. The first-order chi connectivity index (χ1) is 20.6. The number of carbonyl (C=O) groups is 3. The number of piperazine rings is 1. The van der Waals surface area contributed by atoms with Crippen LogP contribution in [-0.4, -0.2) is 81.5 Å². The van der Waals surface area contributed by atoms with Crippen molar-refractivity contribution >= 4 is 17.9 Å². The van der Waals surface area contributed by atoms with E-state index >= 15 is 0 Å². The van der Waals surface area contributed by atoms with Gasteiger partial charge in [0.2, 0.25) is 11.8 Å². The average molecular weight is 582 g/mol. The summed E-state index contributed by atoms with van der Waals surface area (Å²) >= 11 is 0. The fourth-order valence-corrected chi connectivity index (χ4v) is 7.96. The van der Waals surface area contributed by atoms with Crippen LogP contribution < -0.4 is 5.32 Å². The maximum Gasteiger partial charge on any atom is 0.408 e. The summed E-state index contributed by atoms with van der Waals surface area (Å²) in [5.41, 5.74) is 4.21. The smallest absolute Gasteiger partial charge is 0.408 e. The molecule has 0 aromatic heterocycles. The molecule has 1 saturated carbocycles. The lowest BCUT2D eigenvalue weighted by molar-refractivity contribution is -0.141. The number of ether oxygens (including phenoxy) is 1. The molecule has 1 N–H and O–H groups in total. The van der Waals surface area contributed by atoms with Crippen LogP contribution in [0.25, 0.3) is 0 Å². The number of piperidine rings is 1. The van der Waals surface area contributed by atoms with Gasteiger partial charge in [0.05, 0.1) is 18.2 Å². The Morgan fingerprint density at radius 3 is 2.28 bits per heavy atom. The van der Waals surface area contributed by atoms with Crippen molar-refractivity contribution in [3.63, 3.8) is 0 Å². The zero-order chi connectivity index (χ0) is 30.0. The molecule has 6 atom stereocenters. The second-order valence-corrected chi connectivity index (χ2v) is 13.8. The first-order valence-corrected chi connectivity index (χ1v) is 15.6. The third-order valence-corrected chi connectivity index (χ3v) is 9.87. The van der Waals surface area contributed by atoms with E-state index in [0.717, 1.165) is 19.3 Å². The zero-order valence-corrected chi connectivity index (χ0v) is 25.0. The van der Waals surface area contributed by atoms with Crippen molar-refractivity contribution in [3.05, 3.63) is 70.8 Å². The van der Waals surface area contributed by atoms with Gasteiger partial charge in [-0.25, -0.2) is 4.79 Å². The van der Waals surface area contributed by atoms with E-state index in [4.69, 9.17) is 4.74 Å². The molecule has 0 unspecified atom stereocenters. The van der Waals surface area contributed by atoms with Gasteiger partial charge in [-0.3, -0.25) is 14.5 Å². The molecule has 43 heavy (non-hydrogen) atoms. The highest BCUT2D eigenvalue weighted by atomic mass is 16.6. The number of amides is 3. The topological polar surface area (TPSA) is 106 Å². The highest BCUT2D eigenvalue weighted by Gasteiger charge is 2.57. The predicted octanol–water partition coefficient (Wildman–Crippen LogP) is 3.57. The standard InChI is InChI=1S/C34H39N5O4/c1-34(2,3)43-33(42)36-27(31(40)38-23(17-35)14-22-15-28(22)38)19-37-18-24-16-29(37)32(41)39(24)30-25-10-6-4-8-20(25)12-13-21-9-5-7-11-26(21)30/h4-11,22-24,27-30H,12-16,18-19H2,1-3H3,(H,36,42)/t22-,23+,24-,27+,28+,29-/m1/s1. The highest BCUT2D eigenvalue weighted by molar-refractivity contribution is 5.89. The van der Waals surface area contributed by atoms with Gasteiger partial charge in [-0.15, -0.1) is 0 Å². The number of fused-ring (bicyclic) bond motifs is 5. The maximum atomic E-state index is 14.2. The van der Waals surface area contributed by atoms with E-state index in [0.29, 0.717) is 25.3 Å². The molecule has 0 spiro atoms. The minimum absolute atomic E-state index is 0.00885. The molecule has 3 saturated heterocycles. The summed E-state index contributed by atoms with van der Waals surface area (Å²) in [4.78, 5) is 46.9. The van der Waals surface area contributed by atoms with E-state index < -0.39 is 23.8 Å². The van der Waals surface area contributed by atoms with Crippen molar-refractivity contribution in [1.82, 2.24) is 20.0 Å². The Labute approximate surface area is 252 Å². The molecular weight excluding hydrogens is 542 g/mol. The minimum atomic E-state index is -0.912. The van der Waals surface area contributed by atoms with E-state index in [1.807, 2.05) is 0 Å². The largest absolute Gasteiger partial charge is 0.444 e. The van der Waals surface area contributed by atoms with Gasteiger partial charge in [-0.2, -0.15) is 5.26 Å². The molecule has 224 valence electrons. The van der Waals surface area contributed by atoms with E-state index in [-0.39, 0.29) is 42.5 Å². The van der Waals surface area contributed by atoms with Crippen LogP contribution in [0.4, 0.5) is 4.79 Å². The number of nitrogens with one attached hydrogen (secondary N) is 1. The number of benzene rings is 2. The first kappa shape index (κ1) is 27.9. The average Bonchev–Trinajstić information content (AvgIpc) is 3.35. The van der Waals surface area contributed by atoms with Crippen molar-refractivity contribution in [1.29, 1.82) is 5.26 Å². The molecule has 3 amide bonds. The minimum Gasteiger partial charge on any atom is -0.444 e. The summed E-state index contributed by atoms with van der Waals surface area (Å²) in [7, 11) is 0. The quantitative estimate of drug-likeness (QED) is 0.579. The van der Waals surface area contributed by atoms with Gasteiger partial charge in [0.1, 0.15) is 17.7 Å². The summed E-state index contributed by atoms with van der Waals surface area (Å²) in [5.74, 6) is 0.162. The predicted molar refractivity (Wildman–Crippen MR) is 159 cm³/mol. The van der Waals surface area contributed by atoms with Crippen LogP contribution in [0, 0.1) is 17.2 Å². The Morgan fingerprint density at radius 2 is 1.67 bits per heavy atom. The molecular formula is C34H39N5O4. The number of nitrogens with zero attached hydrogens (tertiary/aromatic N) is 4. The molecule has 0 radical (unpaired) electrons. The second-order valence-electron chi connectivity index (χ2n) is 13.8. The van der Waals surface area contributed by atoms with E-state index in [1.54, 1.807) is 25.7 Å². The van der Waals surface area contributed by atoms with Gasteiger partial charge in [-0.05, 0) is 81.0 Å². The summed E-state index contributed by atoms with van der Waals surface area (Å²) < 4.78 is 5.51. The van der Waals surface area contributed by atoms with Crippen molar-refractivity contribution < 1.29 is 19.1 Å². The van der Waals surface area contributed by atoms with Gasteiger partial charge >= 0.3 is 6.09 Å². The number of carbonyl (C=O) groups excluding carboxylic acids is 3. The molecule has 5 aliphatic rings. The van der Waals surface area contributed by atoms with E-state index in [9.17, 15) is 19.6 Å². The van der Waals surface area contributed by atoms with Crippen LogP contribution in [0.2, 0.25) is 0 Å². The highest BCUT2D eigenvalue weighted by Crippen LogP contribution is 2.48. The summed E-state index contributed by atoms with van der Waals surface area (Å²) in [6, 6.07) is 17.3. The lowest BCUT2D eigenvalue weighted by Crippen LogP contribution is -2.59. The Morgan fingerprint density at radius 1 is 1.02 bits per heavy atom. The van der Waals surface area contributed by atoms with Crippen LogP contribution in [0.15, 0.2) is 48.5 Å². The number of aryl methyl sites for hydroxylation is 2. The third-order valence-electron chi connectivity index (χ3n) is 9.87. The van der Waals surface area contributed by atoms with Gasteiger partial charge in [-0.1, -0.05) is 48.5 Å². The number of hydrogen-bond donors (Lipinski definition) is 1. The lowest BCUT2D eigenvalue weighted by atomic mass is 9.92. The number of rotatable bonds is 5. The molecule has 9 heteroatoms. The van der Waals surface area contributed by atoms with Gasteiger partial charge in [0, 0.05) is 25.2 Å². The van der Waals surface area contributed by atoms with Crippen molar-refractivity contribution in [2.45, 2.75) is 94.7 Å². The van der Waals surface area contributed by atoms with Crippen LogP contribution in [0.5, 0.6) is 0 Å². The molecule has 4 fully saturated rings. The first-order valence-electron chi connectivity index (χ1n) is 15.6. The SMILES string of the molecule is CC(C)(C)OC(=O)N[C@@H](CN1C[C@H]2C[C@@H]1C(=O)N2C1c2ccccc2CCc2ccccc21)C(=O)N1[C@H](C#N)C[C@@H]2C[C@@H]21. The van der Waals surface area contributed by atoms with Crippen LogP contribution in [-0.2, 0) is 27.2 Å². The van der Waals surface area contributed by atoms with Crippen LogP contribution in [0.3, 0.4) is 0 Å². The fraction of sp³-hybridized carbons (Fsp3) is 0.529. The summed E-state index contributed by atoms with van der Waals surface area (Å²) in [5, 5.41) is 12.6. The van der Waals surface area contributed by atoms with E-state index in [2.05, 4.69) is 69.7 Å². The Balaban J connectivity index is 1.14. The van der Waals surface area contributed by atoms with Gasteiger partial charge < -0.3 is 19.9 Å². The number of hydrogen-bond acceptors (Lipinski definition) is 6. The van der Waals surface area contributed by atoms with Crippen molar-refractivity contribution in [2.75, 3.05) is 13.1 Å². The Kier molecular flexibility index (Phi) is 6.73. The van der Waals surface area contributed by atoms with E-state index in [1.165, 1.54) is 22.3 Å². The molecule has 3 heterocycles. The molecule has 2 aromatic rings. The Bertz CT molecular complexity index is 1460. The molecule has 2 aliphatic carbocycles. The molecule has 2 bridgehead atoms. The molecule has 2 aromatic carbocycles. The maximum absolute atomic E-state index is 14.2. The second kappa shape index (κ2) is 10.4. The number of alkyl carbamates (subject to hydrolysis) is 1.